The molecule has 0 fully saturated rings. The summed E-state index contributed by atoms with van der Waals surface area (Å²) in [6.45, 7) is 5.76. The summed E-state index contributed by atoms with van der Waals surface area (Å²) in [5.74, 6) is 1.38. The summed E-state index contributed by atoms with van der Waals surface area (Å²) in [4.78, 5) is 30.0. The molecule has 0 saturated heterocycles. The van der Waals surface area contributed by atoms with E-state index in [1.807, 2.05) is 0 Å². The fourth-order valence-corrected chi connectivity index (χ4v) is 2.92. The zero-order valence-electron chi connectivity index (χ0n) is 12.9. The number of aromatic amines is 1. The van der Waals surface area contributed by atoms with E-state index in [1.54, 1.807) is 26.8 Å². The normalized spacial score (nSPS) is 12.0. The van der Waals surface area contributed by atoms with E-state index in [0.717, 1.165) is 4.73 Å². The predicted octanol–water partition coefficient (Wildman–Crippen LogP) is 1.44. The van der Waals surface area contributed by atoms with Gasteiger partial charge in [0.2, 0.25) is 0 Å². The smallest absolute Gasteiger partial charge is 0.361 e. The number of aromatic nitrogens is 2. The van der Waals surface area contributed by atoms with Crippen molar-refractivity contribution in [2.75, 3.05) is 19.8 Å². The second-order valence-electron chi connectivity index (χ2n) is 4.28. The molecule has 0 atom stereocenters. The van der Waals surface area contributed by atoms with Crippen molar-refractivity contribution >= 4 is 7.60 Å². The first-order chi connectivity index (χ1) is 10.4. The van der Waals surface area contributed by atoms with Crippen LogP contribution in [0.5, 0.6) is 0 Å². The standard InChI is InChI=1S/C13H21N2O6P/c1-4-20-22(18,21-5-2)9-7-6-8-19-15-10-11(3)12(16)14-13(15)17/h7,9-10H,4-6,8H2,1-3H3,(H,14,16,17). The Bertz CT molecular complexity index is 653. The Balaban J connectivity index is 2.56. The molecule has 0 aliphatic rings. The molecule has 0 spiro atoms. The molecular weight excluding hydrogens is 311 g/mol. The molecule has 0 aliphatic carbocycles. The number of H-pyrrole nitrogens is 1. The van der Waals surface area contributed by atoms with Crippen LogP contribution >= 0.6 is 7.60 Å². The third-order valence-electron chi connectivity index (χ3n) is 2.51. The SMILES string of the molecule is CCOP(=O)(C=CCCOn1cc(C)c(=O)[nH]c1=O)OCC. The van der Waals surface area contributed by atoms with E-state index in [-0.39, 0.29) is 19.8 Å². The van der Waals surface area contributed by atoms with Crippen LogP contribution in [0.25, 0.3) is 0 Å². The third-order valence-corrected chi connectivity index (χ3v) is 4.32. The predicted molar refractivity (Wildman–Crippen MR) is 82.1 cm³/mol. The first-order valence-corrected chi connectivity index (χ1v) is 8.55. The van der Waals surface area contributed by atoms with Crippen molar-refractivity contribution in [1.82, 2.24) is 9.71 Å². The van der Waals surface area contributed by atoms with E-state index in [2.05, 4.69) is 4.98 Å². The Morgan fingerprint density at radius 3 is 2.50 bits per heavy atom. The van der Waals surface area contributed by atoms with Gasteiger partial charge in [-0.3, -0.25) is 14.3 Å². The molecule has 1 aromatic heterocycles. The summed E-state index contributed by atoms with van der Waals surface area (Å²) < 4.78 is 23.3. The van der Waals surface area contributed by atoms with E-state index in [4.69, 9.17) is 13.9 Å². The zero-order valence-corrected chi connectivity index (χ0v) is 13.8. The summed E-state index contributed by atoms with van der Waals surface area (Å²) in [5, 5.41) is 0. The van der Waals surface area contributed by atoms with Crippen LogP contribution in [0.1, 0.15) is 25.8 Å². The molecular formula is C13H21N2O6P. The van der Waals surface area contributed by atoms with Crippen LogP contribution in [0.2, 0.25) is 0 Å². The zero-order chi connectivity index (χ0) is 16.6. The van der Waals surface area contributed by atoms with Crippen molar-refractivity contribution in [2.24, 2.45) is 0 Å². The molecule has 1 aromatic rings. The Hall–Kier alpha value is -1.63. The Morgan fingerprint density at radius 2 is 1.91 bits per heavy atom. The molecule has 0 aromatic carbocycles. The average Bonchev–Trinajstić information content (AvgIpc) is 2.44. The monoisotopic (exact) mass is 332 g/mol. The Morgan fingerprint density at radius 1 is 1.27 bits per heavy atom. The fourth-order valence-electron chi connectivity index (χ4n) is 1.55. The molecule has 9 heteroatoms. The second-order valence-corrected chi connectivity index (χ2v) is 6.17. The van der Waals surface area contributed by atoms with Crippen LogP contribution in [0.4, 0.5) is 0 Å². The first-order valence-electron chi connectivity index (χ1n) is 6.94. The molecule has 8 nitrogen and oxygen atoms in total. The van der Waals surface area contributed by atoms with Gasteiger partial charge in [0.1, 0.15) is 6.61 Å². The van der Waals surface area contributed by atoms with Gasteiger partial charge in [0.05, 0.1) is 19.4 Å². The highest BCUT2D eigenvalue weighted by Gasteiger charge is 2.18. The Kier molecular flexibility index (Phi) is 7.31. The lowest BCUT2D eigenvalue weighted by Crippen LogP contribution is -2.34. The van der Waals surface area contributed by atoms with Crippen molar-refractivity contribution in [3.8, 4) is 0 Å². The van der Waals surface area contributed by atoms with Crippen LogP contribution in [-0.4, -0.2) is 29.5 Å². The van der Waals surface area contributed by atoms with Gasteiger partial charge < -0.3 is 13.9 Å². The van der Waals surface area contributed by atoms with Gasteiger partial charge >= 0.3 is 13.3 Å². The minimum atomic E-state index is -3.21. The van der Waals surface area contributed by atoms with Gasteiger partial charge in [0.25, 0.3) is 5.56 Å². The van der Waals surface area contributed by atoms with E-state index < -0.39 is 18.8 Å². The highest BCUT2D eigenvalue weighted by Crippen LogP contribution is 2.49. The summed E-state index contributed by atoms with van der Waals surface area (Å²) in [7, 11) is -3.21. The van der Waals surface area contributed by atoms with Gasteiger partial charge in [-0.15, -0.1) is 4.73 Å². The van der Waals surface area contributed by atoms with Crippen LogP contribution in [0.15, 0.2) is 27.7 Å². The molecule has 124 valence electrons. The molecule has 0 unspecified atom stereocenters. The summed E-state index contributed by atoms with van der Waals surface area (Å²) >= 11 is 0. The van der Waals surface area contributed by atoms with Gasteiger partial charge in [0.15, 0.2) is 0 Å². The summed E-state index contributed by atoms with van der Waals surface area (Å²) in [5.41, 5.74) is -0.722. The van der Waals surface area contributed by atoms with Crippen LogP contribution < -0.4 is 16.1 Å². The number of nitrogens with one attached hydrogen (secondary N) is 1. The minimum absolute atomic E-state index is 0.167. The Labute approximate surface area is 128 Å². The van der Waals surface area contributed by atoms with Gasteiger partial charge in [-0.25, -0.2) is 4.79 Å². The first kappa shape index (κ1) is 18.4. The highest BCUT2D eigenvalue weighted by molar-refractivity contribution is 7.57. The topological polar surface area (TPSA) is 99.6 Å². The van der Waals surface area contributed by atoms with Crippen LogP contribution in [-0.2, 0) is 13.6 Å². The maximum absolute atomic E-state index is 12.1. The number of aryl methyl sites for hydroxylation is 1. The molecule has 1 N–H and O–H groups in total. The number of nitrogens with zero attached hydrogens (tertiary/aromatic N) is 1. The lowest BCUT2D eigenvalue weighted by molar-refractivity contribution is 0.101. The number of hydrogen-bond acceptors (Lipinski definition) is 6. The summed E-state index contributed by atoms with van der Waals surface area (Å²) in [6.07, 6.45) is 3.32. The number of rotatable bonds is 9. The lowest BCUT2D eigenvalue weighted by atomic mass is 10.4. The molecule has 0 amide bonds. The van der Waals surface area contributed by atoms with Crippen molar-refractivity contribution in [3.63, 3.8) is 0 Å². The summed E-state index contributed by atoms with van der Waals surface area (Å²) in [6, 6.07) is 0. The van der Waals surface area contributed by atoms with Gasteiger partial charge in [0, 0.05) is 17.8 Å². The maximum atomic E-state index is 12.1. The lowest BCUT2D eigenvalue weighted by Gasteiger charge is -2.12. The second kappa shape index (κ2) is 8.73. The van der Waals surface area contributed by atoms with Gasteiger partial charge in [-0.05, 0) is 20.8 Å². The fraction of sp³-hybridized carbons (Fsp3) is 0.538. The molecule has 0 aliphatic heterocycles. The van der Waals surface area contributed by atoms with Crippen LogP contribution in [0, 0.1) is 6.92 Å². The molecule has 1 heterocycles. The van der Waals surface area contributed by atoms with E-state index >= 15 is 0 Å². The molecule has 1 rings (SSSR count). The van der Waals surface area contributed by atoms with Gasteiger partial charge in [-0.2, -0.15) is 0 Å². The minimum Gasteiger partial charge on any atom is -0.409 e. The quantitative estimate of drug-likeness (QED) is 0.543. The largest absolute Gasteiger partial charge is 0.409 e. The van der Waals surface area contributed by atoms with Gasteiger partial charge in [-0.1, -0.05) is 6.08 Å². The van der Waals surface area contributed by atoms with Crippen molar-refractivity contribution in [3.05, 3.63) is 44.5 Å². The number of hydrogen-bond donors (Lipinski definition) is 1. The highest BCUT2D eigenvalue weighted by atomic mass is 31.2. The van der Waals surface area contributed by atoms with Crippen molar-refractivity contribution < 1.29 is 18.5 Å². The molecule has 0 bridgehead atoms. The van der Waals surface area contributed by atoms with E-state index in [1.165, 1.54) is 12.0 Å². The van der Waals surface area contributed by atoms with Crippen molar-refractivity contribution in [2.45, 2.75) is 27.2 Å². The van der Waals surface area contributed by atoms with Crippen LogP contribution in [0.3, 0.4) is 0 Å². The molecule has 0 radical (unpaired) electrons. The molecule has 22 heavy (non-hydrogen) atoms. The van der Waals surface area contributed by atoms with Crippen molar-refractivity contribution in [1.29, 1.82) is 0 Å². The average molecular weight is 332 g/mol. The maximum Gasteiger partial charge on any atom is 0.361 e. The van der Waals surface area contributed by atoms with E-state index in [0.29, 0.717) is 12.0 Å². The van der Waals surface area contributed by atoms with E-state index in [9.17, 15) is 14.2 Å². The third kappa shape index (κ3) is 5.63. The molecule has 0 saturated carbocycles.